The summed E-state index contributed by atoms with van der Waals surface area (Å²) in [5.41, 5.74) is 2.43. The van der Waals surface area contributed by atoms with Gasteiger partial charge in [0.05, 0.1) is 29.6 Å². The summed E-state index contributed by atoms with van der Waals surface area (Å²) >= 11 is 0. The zero-order chi connectivity index (χ0) is 13.2. The molecular formula is C14H11N3O2. The van der Waals surface area contributed by atoms with Crippen LogP contribution in [-0.4, -0.2) is 25.6 Å². The van der Waals surface area contributed by atoms with Crippen LogP contribution >= 0.6 is 0 Å². The molecule has 19 heavy (non-hydrogen) atoms. The number of hydrogen-bond donors (Lipinski definition) is 1. The van der Waals surface area contributed by atoms with Crippen molar-refractivity contribution >= 4 is 17.0 Å². The number of benzene rings is 1. The summed E-state index contributed by atoms with van der Waals surface area (Å²) < 4.78 is 1.89. The monoisotopic (exact) mass is 253 g/mol. The lowest BCUT2D eigenvalue weighted by molar-refractivity contribution is 0.0699. The molecule has 1 aromatic carbocycles. The normalized spacial score (nSPS) is 10.7. The van der Waals surface area contributed by atoms with E-state index >= 15 is 0 Å². The van der Waals surface area contributed by atoms with Crippen LogP contribution in [0.15, 0.2) is 48.9 Å². The minimum atomic E-state index is -0.964. The van der Waals surface area contributed by atoms with Crippen LogP contribution in [0.25, 0.3) is 11.0 Å². The summed E-state index contributed by atoms with van der Waals surface area (Å²) in [6.07, 6.45) is 3.38. The fraction of sp³-hybridized carbons (Fsp3) is 0.0714. The standard InChI is InChI=1S/C14H11N3O2/c18-14(19)11-5-3-6-12-13(11)16-9-17(12)8-10-4-1-2-7-15-10/h1-7,9H,8H2,(H,18,19). The number of nitrogens with zero attached hydrogens (tertiary/aromatic N) is 3. The second-order valence-corrected chi connectivity index (χ2v) is 4.17. The zero-order valence-corrected chi connectivity index (χ0v) is 10.0. The van der Waals surface area contributed by atoms with Crippen molar-refractivity contribution in [1.82, 2.24) is 14.5 Å². The number of imidazole rings is 1. The quantitative estimate of drug-likeness (QED) is 0.776. The predicted octanol–water partition coefficient (Wildman–Crippen LogP) is 2.18. The number of carboxylic acid groups (broad SMARTS) is 1. The van der Waals surface area contributed by atoms with Gasteiger partial charge in [-0.05, 0) is 24.3 Å². The van der Waals surface area contributed by atoms with E-state index in [1.54, 1.807) is 24.7 Å². The Morgan fingerprint density at radius 3 is 2.79 bits per heavy atom. The Balaban J connectivity index is 2.07. The molecule has 0 bridgehead atoms. The van der Waals surface area contributed by atoms with Gasteiger partial charge < -0.3 is 9.67 Å². The fourth-order valence-corrected chi connectivity index (χ4v) is 2.05. The first kappa shape index (κ1) is 11.4. The molecule has 0 fully saturated rings. The first-order chi connectivity index (χ1) is 9.25. The Labute approximate surface area is 109 Å². The minimum absolute atomic E-state index is 0.220. The lowest BCUT2D eigenvalue weighted by Crippen LogP contribution is -2.01. The largest absolute Gasteiger partial charge is 0.478 e. The molecule has 0 unspecified atom stereocenters. The van der Waals surface area contributed by atoms with Crippen LogP contribution in [0.1, 0.15) is 16.1 Å². The van der Waals surface area contributed by atoms with Crippen LogP contribution in [0.2, 0.25) is 0 Å². The summed E-state index contributed by atoms with van der Waals surface area (Å²) in [5, 5.41) is 9.12. The lowest BCUT2D eigenvalue weighted by atomic mass is 10.2. The summed E-state index contributed by atoms with van der Waals surface area (Å²) in [6, 6.07) is 10.8. The number of aromatic nitrogens is 3. The highest BCUT2D eigenvalue weighted by Crippen LogP contribution is 2.18. The summed E-state index contributed by atoms with van der Waals surface area (Å²) in [7, 11) is 0. The molecule has 5 nitrogen and oxygen atoms in total. The van der Waals surface area contributed by atoms with E-state index in [1.165, 1.54) is 0 Å². The molecule has 0 aliphatic carbocycles. The van der Waals surface area contributed by atoms with Gasteiger partial charge >= 0.3 is 5.97 Å². The summed E-state index contributed by atoms with van der Waals surface area (Å²) in [6.45, 7) is 0.570. The van der Waals surface area contributed by atoms with Gasteiger partial charge in [-0.3, -0.25) is 4.98 Å². The number of pyridine rings is 1. The Morgan fingerprint density at radius 1 is 1.16 bits per heavy atom. The smallest absolute Gasteiger partial charge is 0.337 e. The average molecular weight is 253 g/mol. The van der Waals surface area contributed by atoms with E-state index in [9.17, 15) is 4.79 Å². The van der Waals surface area contributed by atoms with Crippen LogP contribution in [0.3, 0.4) is 0 Å². The van der Waals surface area contributed by atoms with E-state index in [4.69, 9.17) is 5.11 Å². The predicted molar refractivity (Wildman–Crippen MR) is 70.0 cm³/mol. The van der Waals surface area contributed by atoms with Crippen molar-refractivity contribution in [3.05, 3.63) is 60.2 Å². The first-order valence-electron chi connectivity index (χ1n) is 5.83. The Morgan fingerprint density at radius 2 is 2.05 bits per heavy atom. The molecule has 2 aromatic heterocycles. The number of carboxylic acids is 1. The van der Waals surface area contributed by atoms with Gasteiger partial charge in [-0.1, -0.05) is 12.1 Å². The Bertz CT molecular complexity index is 735. The second kappa shape index (κ2) is 4.53. The molecule has 3 aromatic rings. The SMILES string of the molecule is O=C(O)c1cccc2c1ncn2Cc1ccccn1. The molecule has 2 heterocycles. The van der Waals surface area contributed by atoms with Crippen LogP contribution in [0.5, 0.6) is 0 Å². The van der Waals surface area contributed by atoms with E-state index in [-0.39, 0.29) is 5.56 Å². The van der Waals surface area contributed by atoms with Crippen molar-refractivity contribution in [3.63, 3.8) is 0 Å². The number of carbonyl (C=O) groups is 1. The molecular weight excluding hydrogens is 242 g/mol. The van der Waals surface area contributed by atoms with Crippen LogP contribution in [0.4, 0.5) is 0 Å². The molecule has 1 N–H and O–H groups in total. The summed E-state index contributed by atoms with van der Waals surface area (Å²) in [4.78, 5) is 19.6. The van der Waals surface area contributed by atoms with Crippen molar-refractivity contribution in [1.29, 1.82) is 0 Å². The highest BCUT2D eigenvalue weighted by molar-refractivity contribution is 6.00. The third-order valence-electron chi connectivity index (χ3n) is 2.94. The first-order valence-corrected chi connectivity index (χ1v) is 5.83. The maximum absolute atomic E-state index is 11.1. The van der Waals surface area contributed by atoms with Gasteiger partial charge in [-0.15, -0.1) is 0 Å². The highest BCUT2D eigenvalue weighted by atomic mass is 16.4. The van der Waals surface area contributed by atoms with E-state index in [0.717, 1.165) is 11.2 Å². The number of hydrogen-bond acceptors (Lipinski definition) is 3. The second-order valence-electron chi connectivity index (χ2n) is 4.17. The van der Waals surface area contributed by atoms with Crippen molar-refractivity contribution in [2.75, 3.05) is 0 Å². The number of rotatable bonds is 3. The van der Waals surface area contributed by atoms with Gasteiger partial charge in [0.15, 0.2) is 0 Å². The average Bonchev–Trinajstić information content (AvgIpc) is 2.83. The number of para-hydroxylation sites is 1. The molecule has 94 valence electrons. The molecule has 0 spiro atoms. The van der Waals surface area contributed by atoms with Gasteiger partial charge in [-0.25, -0.2) is 9.78 Å². The molecule has 0 atom stereocenters. The van der Waals surface area contributed by atoms with Crippen molar-refractivity contribution in [2.45, 2.75) is 6.54 Å². The van der Waals surface area contributed by atoms with Crippen molar-refractivity contribution in [3.8, 4) is 0 Å². The van der Waals surface area contributed by atoms with Gasteiger partial charge in [0.25, 0.3) is 0 Å². The maximum atomic E-state index is 11.1. The van der Waals surface area contributed by atoms with E-state index in [0.29, 0.717) is 12.1 Å². The van der Waals surface area contributed by atoms with Gasteiger partial charge in [0.2, 0.25) is 0 Å². The van der Waals surface area contributed by atoms with Crippen molar-refractivity contribution in [2.24, 2.45) is 0 Å². The van der Waals surface area contributed by atoms with E-state index in [2.05, 4.69) is 9.97 Å². The number of fused-ring (bicyclic) bond motifs is 1. The minimum Gasteiger partial charge on any atom is -0.478 e. The molecule has 0 amide bonds. The fourth-order valence-electron chi connectivity index (χ4n) is 2.05. The molecule has 0 radical (unpaired) electrons. The molecule has 5 heteroatoms. The highest BCUT2D eigenvalue weighted by Gasteiger charge is 2.12. The van der Waals surface area contributed by atoms with Gasteiger partial charge in [0, 0.05) is 6.20 Å². The third-order valence-corrected chi connectivity index (χ3v) is 2.94. The Hall–Kier alpha value is -2.69. The molecule has 0 saturated heterocycles. The van der Waals surface area contributed by atoms with Crippen molar-refractivity contribution < 1.29 is 9.90 Å². The molecule has 0 aliphatic rings. The third kappa shape index (κ3) is 2.06. The van der Waals surface area contributed by atoms with Crippen LogP contribution in [-0.2, 0) is 6.54 Å². The maximum Gasteiger partial charge on any atom is 0.337 e. The zero-order valence-electron chi connectivity index (χ0n) is 10.0. The van der Waals surface area contributed by atoms with Crippen LogP contribution < -0.4 is 0 Å². The Kier molecular flexibility index (Phi) is 2.72. The molecule has 3 rings (SSSR count). The molecule has 0 saturated carbocycles. The lowest BCUT2D eigenvalue weighted by Gasteiger charge is -2.03. The van der Waals surface area contributed by atoms with Gasteiger partial charge in [-0.2, -0.15) is 0 Å². The van der Waals surface area contributed by atoms with Gasteiger partial charge in [0.1, 0.15) is 5.52 Å². The van der Waals surface area contributed by atoms with E-state index < -0.39 is 5.97 Å². The van der Waals surface area contributed by atoms with Crippen LogP contribution in [0, 0.1) is 0 Å². The summed E-state index contributed by atoms with van der Waals surface area (Å²) in [5.74, 6) is -0.964. The number of aromatic carboxylic acids is 1. The molecule has 0 aliphatic heterocycles. The topological polar surface area (TPSA) is 68.0 Å². The van der Waals surface area contributed by atoms with E-state index in [1.807, 2.05) is 28.8 Å².